The Balaban J connectivity index is 1.63. The molecule has 1 amide bonds. The van der Waals surface area contributed by atoms with E-state index in [1.807, 2.05) is 0 Å². The highest BCUT2D eigenvalue weighted by atomic mass is 16.3. The first-order chi connectivity index (χ1) is 9.07. The number of aliphatic hydroxyl groups is 1. The van der Waals surface area contributed by atoms with Crippen LogP contribution < -0.4 is 10.9 Å². The second kappa shape index (κ2) is 4.45. The summed E-state index contributed by atoms with van der Waals surface area (Å²) >= 11 is 0. The number of hydrogen-bond donors (Lipinski definition) is 3. The van der Waals surface area contributed by atoms with Crippen LogP contribution in [0.3, 0.4) is 0 Å². The van der Waals surface area contributed by atoms with E-state index in [4.69, 9.17) is 0 Å². The van der Waals surface area contributed by atoms with Crippen molar-refractivity contribution < 1.29 is 9.90 Å². The van der Waals surface area contributed by atoms with E-state index in [2.05, 4.69) is 15.3 Å². The second-order valence-corrected chi connectivity index (χ2v) is 5.66. The van der Waals surface area contributed by atoms with Crippen molar-refractivity contribution >= 4 is 5.91 Å². The summed E-state index contributed by atoms with van der Waals surface area (Å²) in [7, 11) is 0. The van der Waals surface area contributed by atoms with E-state index in [0.29, 0.717) is 11.8 Å². The Morgan fingerprint density at radius 2 is 2.42 bits per heavy atom. The Hall–Kier alpha value is -1.69. The number of carbonyl (C=O) groups excluding carboxylic acids is 1. The molecular formula is C13H17N3O3. The van der Waals surface area contributed by atoms with Gasteiger partial charge in [0.05, 0.1) is 11.9 Å². The van der Waals surface area contributed by atoms with Gasteiger partial charge in [-0.1, -0.05) is 0 Å². The summed E-state index contributed by atoms with van der Waals surface area (Å²) in [5.41, 5.74) is -1.06. The van der Waals surface area contributed by atoms with Gasteiger partial charge in [0.15, 0.2) is 0 Å². The van der Waals surface area contributed by atoms with Gasteiger partial charge in [0, 0.05) is 12.6 Å². The smallest absolute Gasteiger partial charge is 0.270 e. The van der Waals surface area contributed by atoms with Crippen LogP contribution in [-0.4, -0.2) is 33.1 Å². The number of aromatic nitrogens is 2. The predicted octanol–water partition coefficient (Wildman–Crippen LogP) is 0.0508. The molecule has 0 aliphatic heterocycles. The number of nitrogens with zero attached hydrogens (tertiary/aromatic N) is 1. The highest BCUT2D eigenvalue weighted by Gasteiger charge is 2.49. The maximum Gasteiger partial charge on any atom is 0.270 e. The van der Waals surface area contributed by atoms with Crippen molar-refractivity contribution in [1.82, 2.24) is 15.3 Å². The Morgan fingerprint density at radius 3 is 3.05 bits per heavy atom. The second-order valence-electron chi connectivity index (χ2n) is 5.66. The fourth-order valence-corrected chi connectivity index (χ4v) is 3.45. The molecule has 1 heterocycles. The van der Waals surface area contributed by atoms with Crippen LogP contribution in [0.4, 0.5) is 0 Å². The molecule has 0 unspecified atom stereocenters. The number of hydrogen-bond acceptors (Lipinski definition) is 4. The van der Waals surface area contributed by atoms with Gasteiger partial charge in [-0.2, -0.15) is 0 Å². The summed E-state index contributed by atoms with van der Waals surface area (Å²) in [5, 5.41) is 13.2. The van der Waals surface area contributed by atoms with Gasteiger partial charge in [0.1, 0.15) is 5.69 Å². The monoisotopic (exact) mass is 263 g/mol. The van der Waals surface area contributed by atoms with Crippen LogP contribution in [0.2, 0.25) is 0 Å². The first kappa shape index (κ1) is 12.3. The summed E-state index contributed by atoms with van der Waals surface area (Å²) in [6.45, 7) is 0.238. The molecule has 1 aromatic heterocycles. The number of H-pyrrole nitrogens is 1. The topological polar surface area (TPSA) is 95.1 Å². The Bertz CT molecular complexity index is 556. The van der Waals surface area contributed by atoms with E-state index in [0.717, 1.165) is 25.3 Å². The SMILES string of the molecule is O=C(NC[C@]1(O)C[C@@H]2CC[C@H]1C2)c1cc(=O)[nH]cn1. The van der Waals surface area contributed by atoms with Gasteiger partial charge in [0.2, 0.25) is 0 Å². The maximum atomic E-state index is 11.9. The normalized spacial score (nSPS) is 32.5. The quantitative estimate of drug-likeness (QED) is 0.718. The molecule has 0 radical (unpaired) electrons. The highest BCUT2D eigenvalue weighted by Crippen LogP contribution is 2.50. The van der Waals surface area contributed by atoms with Crippen LogP contribution >= 0.6 is 0 Å². The maximum absolute atomic E-state index is 11.9. The summed E-state index contributed by atoms with van der Waals surface area (Å²) in [4.78, 5) is 29.1. The first-order valence-electron chi connectivity index (χ1n) is 6.62. The van der Waals surface area contributed by atoms with E-state index in [1.165, 1.54) is 12.7 Å². The minimum absolute atomic E-state index is 0.0792. The van der Waals surface area contributed by atoms with E-state index in [9.17, 15) is 14.7 Å². The van der Waals surface area contributed by atoms with Gasteiger partial charge in [-0.3, -0.25) is 9.59 Å². The molecule has 2 fully saturated rings. The molecule has 3 N–H and O–H groups in total. The number of rotatable bonds is 3. The molecule has 2 bridgehead atoms. The van der Waals surface area contributed by atoms with Gasteiger partial charge in [-0.05, 0) is 37.5 Å². The molecule has 6 heteroatoms. The predicted molar refractivity (Wildman–Crippen MR) is 67.6 cm³/mol. The molecule has 19 heavy (non-hydrogen) atoms. The average molecular weight is 263 g/mol. The Kier molecular flexibility index (Phi) is 2.89. The van der Waals surface area contributed by atoms with Crippen molar-refractivity contribution in [2.75, 3.05) is 6.54 Å². The van der Waals surface area contributed by atoms with E-state index >= 15 is 0 Å². The minimum Gasteiger partial charge on any atom is -0.388 e. The number of fused-ring (bicyclic) bond motifs is 2. The zero-order valence-electron chi connectivity index (χ0n) is 10.6. The zero-order valence-corrected chi connectivity index (χ0v) is 10.6. The van der Waals surface area contributed by atoms with E-state index in [-0.39, 0.29) is 17.8 Å². The third kappa shape index (κ3) is 2.28. The van der Waals surface area contributed by atoms with Crippen molar-refractivity contribution in [1.29, 1.82) is 0 Å². The summed E-state index contributed by atoms with van der Waals surface area (Å²) in [6.07, 6.45) is 5.26. The van der Waals surface area contributed by atoms with E-state index < -0.39 is 11.5 Å². The largest absolute Gasteiger partial charge is 0.388 e. The average Bonchev–Trinajstić information content (AvgIpc) is 2.96. The molecule has 3 atom stereocenters. The van der Waals surface area contributed by atoms with Crippen LogP contribution in [0, 0.1) is 11.8 Å². The minimum atomic E-state index is -0.778. The molecule has 2 aliphatic rings. The molecule has 6 nitrogen and oxygen atoms in total. The molecule has 1 aromatic rings. The van der Waals surface area contributed by atoms with Crippen LogP contribution in [0.15, 0.2) is 17.2 Å². The summed E-state index contributed by atoms with van der Waals surface area (Å²) in [5.74, 6) is 0.483. The van der Waals surface area contributed by atoms with Crippen LogP contribution in [0.1, 0.15) is 36.2 Å². The highest BCUT2D eigenvalue weighted by molar-refractivity contribution is 5.92. The lowest BCUT2D eigenvalue weighted by molar-refractivity contribution is -0.0109. The van der Waals surface area contributed by atoms with Crippen molar-refractivity contribution in [3.63, 3.8) is 0 Å². The molecule has 3 rings (SSSR count). The standard InChI is InChI=1S/C13H17N3O3/c17-11-4-10(15-7-16-11)12(18)14-6-13(19)5-8-1-2-9(13)3-8/h4,7-9,19H,1-3,5-6H2,(H,14,18)(H,15,16,17)/t8-,9+,13-/m1/s1. The van der Waals surface area contributed by atoms with Crippen molar-refractivity contribution in [2.45, 2.75) is 31.3 Å². The van der Waals surface area contributed by atoms with Gasteiger partial charge in [0.25, 0.3) is 11.5 Å². The lowest BCUT2D eigenvalue weighted by Gasteiger charge is -2.32. The lowest BCUT2D eigenvalue weighted by atomic mass is 9.84. The molecule has 102 valence electrons. The van der Waals surface area contributed by atoms with Crippen molar-refractivity contribution in [3.8, 4) is 0 Å². The molecule has 0 spiro atoms. The molecule has 2 saturated carbocycles. The molecule has 2 aliphatic carbocycles. The number of nitrogens with one attached hydrogen (secondary N) is 2. The fraction of sp³-hybridized carbons (Fsp3) is 0.615. The van der Waals surface area contributed by atoms with Gasteiger partial charge < -0.3 is 15.4 Å². The van der Waals surface area contributed by atoms with Gasteiger partial charge >= 0.3 is 0 Å². The molecular weight excluding hydrogens is 246 g/mol. The third-order valence-corrected chi connectivity index (χ3v) is 4.41. The van der Waals surface area contributed by atoms with Gasteiger partial charge in [-0.15, -0.1) is 0 Å². The summed E-state index contributed by atoms with van der Waals surface area (Å²) in [6, 6.07) is 1.15. The number of carbonyl (C=O) groups is 1. The zero-order chi connectivity index (χ0) is 13.5. The van der Waals surface area contributed by atoms with Crippen molar-refractivity contribution in [3.05, 3.63) is 28.4 Å². The fourth-order valence-electron chi connectivity index (χ4n) is 3.45. The van der Waals surface area contributed by atoms with Crippen LogP contribution in [-0.2, 0) is 0 Å². The summed E-state index contributed by atoms with van der Waals surface area (Å²) < 4.78 is 0. The molecule has 0 aromatic carbocycles. The van der Waals surface area contributed by atoms with Gasteiger partial charge in [-0.25, -0.2) is 4.98 Å². The molecule has 0 saturated heterocycles. The Morgan fingerprint density at radius 1 is 1.58 bits per heavy atom. The number of amides is 1. The third-order valence-electron chi connectivity index (χ3n) is 4.41. The van der Waals surface area contributed by atoms with Crippen LogP contribution in [0.25, 0.3) is 0 Å². The number of aromatic amines is 1. The Labute approximate surface area is 110 Å². The lowest BCUT2D eigenvalue weighted by Crippen LogP contribution is -2.46. The van der Waals surface area contributed by atoms with Crippen LogP contribution in [0.5, 0.6) is 0 Å². The van der Waals surface area contributed by atoms with E-state index in [1.54, 1.807) is 0 Å². The first-order valence-corrected chi connectivity index (χ1v) is 6.62. The van der Waals surface area contributed by atoms with Crippen molar-refractivity contribution in [2.24, 2.45) is 11.8 Å².